The lowest BCUT2D eigenvalue weighted by Crippen LogP contribution is -2.25. The molecule has 1 aromatic carbocycles. The molecule has 0 radical (unpaired) electrons. The molecule has 1 aliphatic carbocycles. The van der Waals surface area contributed by atoms with Crippen molar-refractivity contribution in [1.29, 1.82) is 0 Å². The molecule has 1 amide bonds. The van der Waals surface area contributed by atoms with Crippen molar-refractivity contribution < 1.29 is 14.7 Å². The quantitative estimate of drug-likeness (QED) is 0.830. The molecule has 2 atom stereocenters. The molecule has 1 fully saturated rings. The van der Waals surface area contributed by atoms with Crippen LogP contribution in [0.4, 0.5) is 0 Å². The molecule has 0 spiro atoms. The fourth-order valence-corrected chi connectivity index (χ4v) is 1.97. The van der Waals surface area contributed by atoms with Gasteiger partial charge in [0.25, 0.3) is 0 Å². The Hall–Kier alpha value is -1.84. The van der Waals surface area contributed by atoms with Crippen LogP contribution >= 0.6 is 0 Å². The molecule has 18 heavy (non-hydrogen) atoms. The van der Waals surface area contributed by atoms with Crippen LogP contribution in [0.2, 0.25) is 0 Å². The predicted octanol–water partition coefficient (Wildman–Crippen LogP) is 1.59. The number of hydrogen-bond acceptors (Lipinski definition) is 2. The summed E-state index contributed by atoms with van der Waals surface area (Å²) in [5, 5.41) is 11.5. The summed E-state index contributed by atoms with van der Waals surface area (Å²) in [6, 6.07) is 8.05. The van der Waals surface area contributed by atoms with Gasteiger partial charge in [0.15, 0.2) is 0 Å². The maximum Gasteiger partial charge on any atom is 0.307 e. The normalized spacial score (nSPS) is 21.4. The van der Waals surface area contributed by atoms with Gasteiger partial charge in [-0.2, -0.15) is 0 Å². The SMILES string of the molecule is CCc1ccc(CNC(=O)[C@@H]2C[C@@H]2C(=O)O)cc1. The first-order valence-corrected chi connectivity index (χ1v) is 6.20. The van der Waals surface area contributed by atoms with E-state index in [9.17, 15) is 9.59 Å². The number of aryl methyl sites for hydroxylation is 1. The number of amides is 1. The van der Waals surface area contributed by atoms with Crippen molar-refractivity contribution in [3.05, 3.63) is 35.4 Å². The van der Waals surface area contributed by atoms with Crippen LogP contribution in [0.1, 0.15) is 24.5 Å². The number of nitrogens with one attached hydrogen (secondary N) is 1. The highest BCUT2D eigenvalue weighted by Crippen LogP contribution is 2.38. The molecule has 0 heterocycles. The van der Waals surface area contributed by atoms with Crippen molar-refractivity contribution in [3.8, 4) is 0 Å². The van der Waals surface area contributed by atoms with Gasteiger partial charge in [-0.1, -0.05) is 31.2 Å². The van der Waals surface area contributed by atoms with Gasteiger partial charge in [0.05, 0.1) is 11.8 Å². The molecule has 96 valence electrons. The van der Waals surface area contributed by atoms with E-state index in [1.807, 2.05) is 24.3 Å². The third-order valence-corrected chi connectivity index (χ3v) is 3.34. The number of aliphatic carboxylic acids is 1. The Morgan fingerprint density at radius 1 is 1.22 bits per heavy atom. The minimum absolute atomic E-state index is 0.151. The van der Waals surface area contributed by atoms with E-state index >= 15 is 0 Å². The zero-order valence-electron chi connectivity index (χ0n) is 10.3. The first-order valence-electron chi connectivity index (χ1n) is 6.20. The second-order valence-corrected chi connectivity index (χ2v) is 4.67. The molecule has 0 aromatic heterocycles. The standard InChI is InChI=1S/C14H17NO3/c1-2-9-3-5-10(6-4-9)8-15-13(16)11-7-12(11)14(17)18/h3-6,11-12H,2,7-8H2,1H3,(H,15,16)(H,17,18)/t11-,12+/m1/s1. The summed E-state index contributed by atoms with van der Waals surface area (Å²) >= 11 is 0. The van der Waals surface area contributed by atoms with Crippen LogP contribution in [0.5, 0.6) is 0 Å². The average Bonchev–Trinajstić information content (AvgIpc) is 3.17. The Bertz CT molecular complexity index is 453. The van der Waals surface area contributed by atoms with Crippen molar-refractivity contribution in [2.45, 2.75) is 26.3 Å². The van der Waals surface area contributed by atoms with Gasteiger partial charge >= 0.3 is 5.97 Å². The second-order valence-electron chi connectivity index (χ2n) is 4.67. The third kappa shape index (κ3) is 2.88. The summed E-state index contributed by atoms with van der Waals surface area (Å²) in [5.41, 5.74) is 2.30. The average molecular weight is 247 g/mol. The van der Waals surface area contributed by atoms with E-state index in [4.69, 9.17) is 5.11 Å². The number of carbonyl (C=O) groups excluding carboxylic acids is 1. The lowest BCUT2D eigenvalue weighted by molar-refractivity contribution is -0.140. The highest BCUT2D eigenvalue weighted by atomic mass is 16.4. The molecule has 0 bridgehead atoms. The molecule has 0 aliphatic heterocycles. The van der Waals surface area contributed by atoms with Gasteiger partial charge in [-0.15, -0.1) is 0 Å². The van der Waals surface area contributed by atoms with Gasteiger partial charge < -0.3 is 10.4 Å². The Labute approximate surface area is 106 Å². The van der Waals surface area contributed by atoms with E-state index in [1.165, 1.54) is 5.56 Å². The zero-order chi connectivity index (χ0) is 13.1. The highest BCUT2D eigenvalue weighted by Gasteiger charge is 2.48. The predicted molar refractivity (Wildman–Crippen MR) is 66.9 cm³/mol. The molecule has 0 saturated heterocycles. The van der Waals surface area contributed by atoms with Crippen LogP contribution < -0.4 is 5.32 Å². The van der Waals surface area contributed by atoms with Gasteiger partial charge in [0, 0.05) is 6.54 Å². The highest BCUT2D eigenvalue weighted by molar-refractivity contribution is 5.89. The summed E-state index contributed by atoms with van der Waals surface area (Å²) < 4.78 is 0. The van der Waals surface area contributed by atoms with Gasteiger partial charge in [0.1, 0.15) is 0 Å². The van der Waals surface area contributed by atoms with Gasteiger partial charge in [-0.05, 0) is 24.0 Å². The monoisotopic (exact) mass is 247 g/mol. The molecular formula is C14H17NO3. The van der Waals surface area contributed by atoms with E-state index in [0.717, 1.165) is 12.0 Å². The second kappa shape index (κ2) is 5.21. The molecule has 1 saturated carbocycles. The Kier molecular flexibility index (Phi) is 3.65. The van der Waals surface area contributed by atoms with Crippen LogP contribution in [-0.2, 0) is 22.6 Å². The summed E-state index contributed by atoms with van der Waals surface area (Å²) in [5.74, 6) is -1.84. The van der Waals surface area contributed by atoms with Crippen LogP contribution in [0, 0.1) is 11.8 Å². The Morgan fingerprint density at radius 2 is 1.83 bits per heavy atom. The Balaban J connectivity index is 1.81. The first-order chi connectivity index (χ1) is 8.61. The van der Waals surface area contributed by atoms with Crippen molar-refractivity contribution in [2.24, 2.45) is 11.8 Å². The molecule has 4 heteroatoms. The molecular weight excluding hydrogens is 230 g/mol. The van der Waals surface area contributed by atoms with E-state index in [2.05, 4.69) is 12.2 Å². The summed E-state index contributed by atoms with van der Waals surface area (Å²) in [6.45, 7) is 2.56. The zero-order valence-corrected chi connectivity index (χ0v) is 10.3. The minimum Gasteiger partial charge on any atom is -0.481 e. The number of benzene rings is 1. The smallest absolute Gasteiger partial charge is 0.307 e. The fraction of sp³-hybridized carbons (Fsp3) is 0.429. The number of carboxylic acids is 1. The van der Waals surface area contributed by atoms with E-state index < -0.39 is 11.9 Å². The number of rotatable bonds is 5. The molecule has 2 N–H and O–H groups in total. The number of hydrogen-bond donors (Lipinski definition) is 2. The van der Waals surface area contributed by atoms with Gasteiger partial charge in [-0.3, -0.25) is 9.59 Å². The largest absolute Gasteiger partial charge is 0.481 e. The van der Waals surface area contributed by atoms with Crippen molar-refractivity contribution in [3.63, 3.8) is 0 Å². The Morgan fingerprint density at radius 3 is 2.33 bits per heavy atom. The third-order valence-electron chi connectivity index (χ3n) is 3.34. The lowest BCUT2D eigenvalue weighted by atomic mass is 10.1. The summed E-state index contributed by atoms with van der Waals surface area (Å²) in [7, 11) is 0. The minimum atomic E-state index is -0.873. The van der Waals surface area contributed by atoms with Gasteiger partial charge in [0.2, 0.25) is 5.91 Å². The maximum atomic E-state index is 11.6. The van der Waals surface area contributed by atoms with E-state index in [-0.39, 0.29) is 11.8 Å². The van der Waals surface area contributed by atoms with E-state index in [1.54, 1.807) is 0 Å². The molecule has 0 unspecified atom stereocenters. The summed E-state index contributed by atoms with van der Waals surface area (Å²) in [4.78, 5) is 22.3. The van der Waals surface area contributed by atoms with Crippen molar-refractivity contribution in [1.82, 2.24) is 5.32 Å². The first kappa shape index (κ1) is 12.6. The molecule has 1 aliphatic rings. The number of carbonyl (C=O) groups is 2. The molecule has 1 aromatic rings. The van der Waals surface area contributed by atoms with Gasteiger partial charge in [-0.25, -0.2) is 0 Å². The van der Waals surface area contributed by atoms with Crippen LogP contribution in [0.25, 0.3) is 0 Å². The van der Waals surface area contributed by atoms with Crippen LogP contribution in [-0.4, -0.2) is 17.0 Å². The van der Waals surface area contributed by atoms with Crippen LogP contribution in [0.3, 0.4) is 0 Å². The van der Waals surface area contributed by atoms with Crippen molar-refractivity contribution >= 4 is 11.9 Å². The number of carboxylic acid groups (broad SMARTS) is 1. The molecule has 2 rings (SSSR count). The fourth-order valence-electron chi connectivity index (χ4n) is 1.97. The lowest BCUT2D eigenvalue weighted by Gasteiger charge is -2.05. The topological polar surface area (TPSA) is 66.4 Å². The maximum absolute atomic E-state index is 11.6. The molecule has 4 nitrogen and oxygen atoms in total. The summed E-state index contributed by atoms with van der Waals surface area (Å²) in [6.07, 6.45) is 1.46. The van der Waals surface area contributed by atoms with Crippen molar-refractivity contribution in [2.75, 3.05) is 0 Å². The van der Waals surface area contributed by atoms with Crippen LogP contribution in [0.15, 0.2) is 24.3 Å². The van der Waals surface area contributed by atoms with E-state index in [0.29, 0.717) is 13.0 Å².